The van der Waals surface area contributed by atoms with Gasteiger partial charge < -0.3 is 20.3 Å². The number of hydrogen-bond donors (Lipinski definition) is 3. The first-order valence-electron chi connectivity index (χ1n) is 17.2. The number of likely N-dealkylation sites (N-methyl/N-ethyl adjacent to an activating group) is 1. The van der Waals surface area contributed by atoms with E-state index in [1.165, 1.54) is 0 Å². The SMILES string of the molecule is CN(C)C1(CNC(=O)c2nc(NC(=O)N[C@H]3CC[C@@H](Oc4ccc5nnc(C(C)(C)C)n5c4)c4ccccc43)cc(C(C)(C)C)n2)CCC1. The number of ether oxygens (including phenoxy) is 1. The number of hydrogen-bond acceptors (Lipinski definition) is 8. The third-order valence-corrected chi connectivity index (χ3v) is 9.82. The highest BCUT2D eigenvalue weighted by Gasteiger charge is 2.39. The van der Waals surface area contributed by atoms with Crippen LogP contribution < -0.4 is 20.7 Å². The molecule has 2 atom stereocenters. The fourth-order valence-electron chi connectivity index (χ4n) is 6.64. The summed E-state index contributed by atoms with van der Waals surface area (Å²) in [6.45, 7) is 12.9. The lowest BCUT2D eigenvalue weighted by Crippen LogP contribution is -2.57. The van der Waals surface area contributed by atoms with Crippen LogP contribution in [0.3, 0.4) is 0 Å². The molecular formula is C37H49N9O3. The van der Waals surface area contributed by atoms with Crippen molar-refractivity contribution in [3.8, 4) is 5.75 Å². The smallest absolute Gasteiger partial charge is 0.320 e. The maximum Gasteiger partial charge on any atom is 0.320 e. The van der Waals surface area contributed by atoms with E-state index in [1.807, 2.05) is 75.8 Å². The zero-order valence-corrected chi connectivity index (χ0v) is 29.9. The van der Waals surface area contributed by atoms with Crippen LogP contribution in [0.15, 0.2) is 48.7 Å². The number of anilines is 1. The Morgan fingerprint density at radius 2 is 1.69 bits per heavy atom. The van der Waals surface area contributed by atoms with Crippen LogP contribution in [0, 0.1) is 0 Å². The summed E-state index contributed by atoms with van der Waals surface area (Å²) in [7, 11) is 4.09. The Morgan fingerprint density at radius 1 is 0.959 bits per heavy atom. The minimum Gasteiger partial charge on any atom is -0.484 e. The topological polar surface area (TPSA) is 139 Å². The predicted molar refractivity (Wildman–Crippen MR) is 189 cm³/mol. The van der Waals surface area contributed by atoms with Gasteiger partial charge >= 0.3 is 6.03 Å². The second-order valence-electron chi connectivity index (χ2n) is 15.7. The van der Waals surface area contributed by atoms with Gasteiger partial charge in [-0.05, 0) is 69.5 Å². The van der Waals surface area contributed by atoms with Gasteiger partial charge in [-0.15, -0.1) is 10.2 Å². The lowest BCUT2D eigenvalue weighted by Gasteiger charge is -2.47. The molecule has 1 aromatic carbocycles. The molecule has 260 valence electrons. The molecule has 49 heavy (non-hydrogen) atoms. The van der Waals surface area contributed by atoms with E-state index in [0.29, 0.717) is 25.1 Å². The highest BCUT2D eigenvalue weighted by molar-refractivity contribution is 5.92. The van der Waals surface area contributed by atoms with E-state index in [1.54, 1.807) is 6.07 Å². The van der Waals surface area contributed by atoms with Gasteiger partial charge in [0.2, 0.25) is 5.82 Å². The molecule has 3 amide bonds. The number of urea groups is 1. The summed E-state index contributed by atoms with van der Waals surface area (Å²) >= 11 is 0. The summed E-state index contributed by atoms with van der Waals surface area (Å²) in [5.74, 6) is 1.55. The summed E-state index contributed by atoms with van der Waals surface area (Å²) in [4.78, 5) is 38.0. The number of nitrogens with zero attached hydrogens (tertiary/aromatic N) is 6. The summed E-state index contributed by atoms with van der Waals surface area (Å²) in [5, 5.41) is 17.8. The van der Waals surface area contributed by atoms with Crippen LogP contribution in [0.5, 0.6) is 5.75 Å². The lowest BCUT2D eigenvalue weighted by molar-refractivity contribution is 0.0554. The first kappa shape index (κ1) is 34.3. The molecule has 0 aliphatic heterocycles. The molecule has 0 radical (unpaired) electrons. The molecule has 0 spiro atoms. The van der Waals surface area contributed by atoms with Crippen molar-refractivity contribution >= 4 is 23.4 Å². The molecule has 1 saturated carbocycles. The first-order valence-corrected chi connectivity index (χ1v) is 17.2. The quantitative estimate of drug-likeness (QED) is 0.205. The van der Waals surface area contributed by atoms with Crippen molar-refractivity contribution in [3.05, 3.63) is 77.1 Å². The van der Waals surface area contributed by atoms with Gasteiger partial charge in [0.1, 0.15) is 23.5 Å². The van der Waals surface area contributed by atoms with E-state index < -0.39 is 6.03 Å². The molecule has 12 nitrogen and oxygen atoms in total. The Hall–Kier alpha value is -4.58. The number of aromatic nitrogens is 5. The molecular weight excluding hydrogens is 618 g/mol. The van der Waals surface area contributed by atoms with Crippen molar-refractivity contribution in [1.29, 1.82) is 0 Å². The summed E-state index contributed by atoms with van der Waals surface area (Å²) in [6.07, 6.45) is 6.35. The number of fused-ring (bicyclic) bond motifs is 2. The third-order valence-electron chi connectivity index (χ3n) is 9.82. The Labute approximate surface area is 288 Å². The molecule has 4 aromatic rings. The molecule has 1 fully saturated rings. The fraction of sp³-hybridized carbons (Fsp3) is 0.514. The van der Waals surface area contributed by atoms with Gasteiger partial charge in [-0.1, -0.05) is 65.8 Å². The van der Waals surface area contributed by atoms with Crippen LogP contribution in [0.25, 0.3) is 5.65 Å². The highest BCUT2D eigenvalue weighted by atomic mass is 16.5. The summed E-state index contributed by atoms with van der Waals surface area (Å²) in [5.41, 5.74) is 2.88. The number of pyridine rings is 1. The second-order valence-corrected chi connectivity index (χ2v) is 15.7. The van der Waals surface area contributed by atoms with Crippen molar-refractivity contribution in [2.24, 2.45) is 0 Å². The summed E-state index contributed by atoms with van der Waals surface area (Å²) in [6, 6.07) is 13.0. The average Bonchev–Trinajstić information content (AvgIpc) is 3.45. The van der Waals surface area contributed by atoms with Gasteiger partial charge in [0.05, 0.1) is 17.9 Å². The van der Waals surface area contributed by atoms with Crippen LogP contribution in [0.1, 0.15) is 119 Å². The number of carbonyl (C=O) groups excluding carboxylic acids is 2. The second kappa shape index (κ2) is 13.0. The van der Waals surface area contributed by atoms with Gasteiger partial charge in [-0.2, -0.15) is 0 Å². The van der Waals surface area contributed by atoms with Crippen LogP contribution in [-0.2, 0) is 10.8 Å². The molecule has 3 N–H and O–H groups in total. The molecule has 3 aromatic heterocycles. The zero-order valence-electron chi connectivity index (χ0n) is 29.9. The standard InChI is InChI=1S/C37H49N9O3/c1-35(2,3)28-20-29(41-31(40-28)32(47)38-22-37(45(7)8)18-11-19-37)42-34(48)39-26-15-16-27(25-13-10-9-12-24(25)26)49-23-14-17-30-43-44-33(36(4,5)6)46(30)21-23/h9-10,12-14,17,20-21,26-27H,11,15-16,18-19,22H2,1-8H3,(H,38,47)(H2,39,40,41,42,48)/t26-,27+/m0/s1. The normalized spacial score (nSPS) is 18.8. The molecule has 0 unspecified atom stereocenters. The molecule has 0 bridgehead atoms. The molecule has 2 aliphatic rings. The van der Waals surface area contributed by atoms with Gasteiger partial charge in [0.25, 0.3) is 5.91 Å². The fourth-order valence-corrected chi connectivity index (χ4v) is 6.64. The molecule has 2 aliphatic carbocycles. The molecule has 12 heteroatoms. The number of carbonyl (C=O) groups is 2. The van der Waals surface area contributed by atoms with E-state index in [4.69, 9.17) is 4.74 Å². The van der Waals surface area contributed by atoms with Crippen LogP contribution >= 0.6 is 0 Å². The van der Waals surface area contributed by atoms with E-state index in [0.717, 1.165) is 47.6 Å². The minimum atomic E-state index is -0.405. The van der Waals surface area contributed by atoms with Crippen LogP contribution in [0.2, 0.25) is 0 Å². The Kier molecular flexibility index (Phi) is 9.12. The number of amides is 3. The number of nitrogens with one attached hydrogen (secondary N) is 3. The van der Waals surface area contributed by atoms with Gasteiger partial charge in [0.15, 0.2) is 5.65 Å². The number of benzene rings is 1. The van der Waals surface area contributed by atoms with Crippen molar-refractivity contribution in [3.63, 3.8) is 0 Å². The summed E-state index contributed by atoms with van der Waals surface area (Å²) < 4.78 is 8.55. The van der Waals surface area contributed by atoms with Crippen molar-refractivity contribution in [2.45, 2.75) is 102 Å². The van der Waals surface area contributed by atoms with Gasteiger partial charge in [0, 0.05) is 29.0 Å². The zero-order chi connectivity index (χ0) is 35.1. The van der Waals surface area contributed by atoms with E-state index in [-0.39, 0.29) is 46.1 Å². The van der Waals surface area contributed by atoms with Crippen LogP contribution in [-0.4, -0.2) is 67.6 Å². The largest absolute Gasteiger partial charge is 0.484 e. The van der Waals surface area contributed by atoms with Crippen molar-refractivity contribution in [2.75, 3.05) is 26.0 Å². The number of rotatable bonds is 8. The lowest BCUT2D eigenvalue weighted by atomic mass is 9.75. The third kappa shape index (κ3) is 7.24. The maximum absolute atomic E-state index is 13.5. The van der Waals surface area contributed by atoms with Crippen molar-refractivity contribution in [1.82, 2.24) is 40.1 Å². The van der Waals surface area contributed by atoms with E-state index in [2.05, 4.69) is 67.9 Å². The Bertz CT molecular complexity index is 1850. The highest BCUT2D eigenvalue weighted by Crippen LogP contribution is 2.39. The molecule has 0 saturated heterocycles. The molecule has 3 heterocycles. The van der Waals surface area contributed by atoms with E-state index in [9.17, 15) is 9.59 Å². The van der Waals surface area contributed by atoms with E-state index >= 15 is 0 Å². The average molecular weight is 668 g/mol. The predicted octanol–water partition coefficient (Wildman–Crippen LogP) is 6.11. The monoisotopic (exact) mass is 667 g/mol. The van der Waals surface area contributed by atoms with Gasteiger partial charge in [-0.3, -0.25) is 14.5 Å². The van der Waals surface area contributed by atoms with Crippen LogP contribution in [0.4, 0.5) is 10.6 Å². The minimum absolute atomic E-state index is 0.0400. The first-order chi connectivity index (χ1) is 23.1. The Balaban J connectivity index is 1.16. The molecule has 6 rings (SSSR count). The Morgan fingerprint density at radius 3 is 2.35 bits per heavy atom. The maximum atomic E-state index is 13.5. The van der Waals surface area contributed by atoms with Crippen molar-refractivity contribution < 1.29 is 14.3 Å². The van der Waals surface area contributed by atoms with Gasteiger partial charge in [-0.25, -0.2) is 14.8 Å².